The number of aromatic nitrogens is 2. The molecule has 0 aliphatic carbocycles. The third-order valence-electron chi connectivity index (χ3n) is 3.44. The van der Waals surface area contributed by atoms with Gasteiger partial charge in [-0.25, -0.2) is 0 Å². The number of rotatable bonds is 6. The molecule has 1 N–H and O–H groups in total. The van der Waals surface area contributed by atoms with E-state index in [2.05, 4.69) is 16.8 Å². The number of aromatic amines is 1. The van der Waals surface area contributed by atoms with Crippen LogP contribution in [0.15, 0.2) is 66.6 Å². The number of H-pyrrole nitrogens is 1. The highest BCUT2D eigenvalue weighted by molar-refractivity contribution is 7.13. The topological polar surface area (TPSA) is 49.0 Å². The van der Waals surface area contributed by atoms with Crippen LogP contribution < -0.4 is 0 Å². The maximum atomic E-state index is 12.7. The van der Waals surface area contributed by atoms with Crippen LogP contribution in [-0.2, 0) is 6.54 Å². The van der Waals surface area contributed by atoms with Crippen molar-refractivity contribution in [3.63, 3.8) is 0 Å². The molecule has 0 radical (unpaired) electrons. The Morgan fingerprint density at radius 1 is 1.26 bits per heavy atom. The standard InChI is InChI=1S/C18H17N3OS/c1-2-10-21(13-14-7-4-3-5-8-14)18(22)16-12-15(19-20-16)17-9-6-11-23-17/h2-9,11-12H,1,10,13H2,(H,19,20). The zero-order valence-electron chi connectivity index (χ0n) is 12.6. The van der Waals surface area contributed by atoms with Crippen molar-refractivity contribution in [2.45, 2.75) is 6.54 Å². The second-order valence-electron chi connectivity index (χ2n) is 5.10. The number of carbonyl (C=O) groups is 1. The highest BCUT2D eigenvalue weighted by atomic mass is 32.1. The Labute approximate surface area is 139 Å². The van der Waals surface area contributed by atoms with Gasteiger partial charge in [0.2, 0.25) is 0 Å². The quantitative estimate of drug-likeness (QED) is 0.698. The van der Waals surface area contributed by atoms with Crippen LogP contribution in [0.1, 0.15) is 16.1 Å². The van der Waals surface area contributed by atoms with Crippen molar-refractivity contribution in [1.29, 1.82) is 0 Å². The Hall–Kier alpha value is -2.66. The van der Waals surface area contributed by atoms with Crippen molar-refractivity contribution in [2.75, 3.05) is 6.54 Å². The minimum Gasteiger partial charge on any atom is -0.329 e. The lowest BCUT2D eigenvalue weighted by atomic mass is 10.2. The van der Waals surface area contributed by atoms with Gasteiger partial charge in [0.1, 0.15) is 0 Å². The SMILES string of the molecule is C=CCN(Cc1ccccc1)C(=O)c1cc(-c2cccs2)[nH]n1. The van der Waals surface area contributed by atoms with E-state index in [1.807, 2.05) is 47.8 Å². The molecular formula is C18H17N3OS. The lowest BCUT2D eigenvalue weighted by Crippen LogP contribution is -2.31. The summed E-state index contributed by atoms with van der Waals surface area (Å²) in [6, 6.07) is 15.7. The van der Waals surface area contributed by atoms with E-state index >= 15 is 0 Å². The molecule has 5 heteroatoms. The van der Waals surface area contributed by atoms with Crippen LogP contribution in [0.5, 0.6) is 0 Å². The van der Waals surface area contributed by atoms with Crippen molar-refractivity contribution in [3.8, 4) is 10.6 Å². The Bertz CT molecular complexity index is 778. The van der Waals surface area contributed by atoms with Crippen LogP contribution in [0.25, 0.3) is 10.6 Å². The van der Waals surface area contributed by atoms with E-state index < -0.39 is 0 Å². The van der Waals surface area contributed by atoms with Gasteiger partial charge >= 0.3 is 0 Å². The van der Waals surface area contributed by atoms with Gasteiger partial charge in [-0.2, -0.15) is 5.10 Å². The van der Waals surface area contributed by atoms with E-state index in [9.17, 15) is 4.79 Å². The van der Waals surface area contributed by atoms with Gasteiger partial charge < -0.3 is 4.90 Å². The molecule has 3 rings (SSSR count). The molecular weight excluding hydrogens is 306 g/mol. The lowest BCUT2D eigenvalue weighted by Gasteiger charge is -2.20. The number of nitrogens with one attached hydrogen (secondary N) is 1. The van der Waals surface area contributed by atoms with Crippen LogP contribution in [0, 0.1) is 0 Å². The van der Waals surface area contributed by atoms with Gasteiger partial charge in [-0.1, -0.05) is 42.5 Å². The molecule has 2 heterocycles. The van der Waals surface area contributed by atoms with Gasteiger partial charge in [-0.05, 0) is 23.1 Å². The Morgan fingerprint density at radius 2 is 2.09 bits per heavy atom. The smallest absolute Gasteiger partial charge is 0.274 e. The fourth-order valence-corrected chi connectivity index (χ4v) is 3.02. The van der Waals surface area contributed by atoms with E-state index in [0.29, 0.717) is 18.8 Å². The number of nitrogens with zero attached hydrogens (tertiary/aromatic N) is 2. The average Bonchev–Trinajstić information content (AvgIpc) is 3.26. The molecule has 0 atom stereocenters. The summed E-state index contributed by atoms with van der Waals surface area (Å²) in [5.74, 6) is -0.104. The minimum atomic E-state index is -0.104. The third kappa shape index (κ3) is 3.57. The number of carbonyl (C=O) groups excluding carboxylic acids is 1. The van der Waals surface area contributed by atoms with Crippen molar-refractivity contribution < 1.29 is 4.79 Å². The van der Waals surface area contributed by atoms with Crippen LogP contribution >= 0.6 is 11.3 Å². The van der Waals surface area contributed by atoms with Crippen LogP contribution in [-0.4, -0.2) is 27.5 Å². The summed E-state index contributed by atoms with van der Waals surface area (Å²) in [4.78, 5) is 15.5. The van der Waals surface area contributed by atoms with Gasteiger partial charge in [-0.3, -0.25) is 9.89 Å². The molecule has 1 amide bonds. The van der Waals surface area contributed by atoms with Gasteiger partial charge in [0.15, 0.2) is 5.69 Å². The molecule has 0 bridgehead atoms. The molecule has 0 spiro atoms. The molecule has 0 unspecified atom stereocenters. The second-order valence-corrected chi connectivity index (χ2v) is 6.05. The second kappa shape index (κ2) is 7.07. The summed E-state index contributed by atoms with van der Waals surface area (Å²) in [6.07, 6.45) is 1.73. The van der Waals surface area contributed by atoms with E-state index in [1.54, 1.807) is 28.4 Å². The van der Waals surface area contributed by atoms with Gasteiger partial charge in [0.05, 0.1) is 10.6 Å². The molecule has 116 valence electrons. The Morgan fingerprint density at radius 3 is 2.78 bits per heavy atom. The first-order valence-corrected chi connectivity index (χ1v) is 8.19. The average molecular weight is 323 g/mol. The zero-order valence-corrected chi connectivity index (χ0v) is 13.4. The van der Waals surface area contributed by atoms with Crippen LogP contribution in [0.2, 0.25) is 0 Å². The van der Waals surface area contributed by atoms with Crippen molar-refractivity contribution in [3.05, 3.63) is 77.8 Å². The highest BCUT2D eigenvalue weighted by Crippen LogP contribution is 2.23. The largest absolute Gasteiger partial charge is 0.329 e. The predicted molar refractivity (Wildman–Crippen MR) is 93.3 cm³/mol. The molecule has 0 aliphatic rings. The molecule has 1 aromatic carbocycles. The summed E-state index contributed by atoms with van der Waals surface area (Å²) >= 11 is 1.61. The van der Waals surface area contributed by atoms with Gasteiger partial charge in [0.25, 0.3) is 5.91 Å². The number of hydrogen-bond acceptors (Lipinski definition) is 3. The monoisotopic (exact) mass is 323 g/mol. The molecule has 3 aromatic rings. The number of hydrogen-bond donors (Lipinski definition) is 1. The van der Waals surface area contributed by atoms with E-state index in [0.717, 1.165) is 16.1 Å². The molecule has 23 heavy (non-hydrogen) atoms. The third-order valence-corrected chi connectivity index (χ3v) is 4.34. The predicted octanol–water partition coefficient (Wildman–Crippen LogP) is 3.97. The lowest BCUT2D eigenvalue weighted by molar-refractivity contribution is 0.0757. The highest BCUT2D eigenvalue weighted by Gasteiger charge is 2.18. The maximum Gasteiger partial charge on any atom is 0.274 e. The first-order valence-electron chi connectivity index (χ1n) is 7.31. The normalized spacial score (nSPS) is 10.4. The maximum absolute atomic E-state index is 12.7. The van der Waals surface area contributed by atoms with Crippen LogP contribution in [0.4, 0.5) is 0 Å². The Balaban J connectivity index is 1.79. The van der Waals surface area contributed by atoms with Crippen molar-refractivity contribution in [1.82, 2.24) is 15.1 Å². The van der Waals surface area contributed by atoms with E-state index in [4.69, 9.17) is 0 Å². The van der Waals surface area contributed by atoms with Crippen molar-refractivity contribution >= 4 is 17.2 Å². The molecule has 0 saturated heterocycles. The van der Waals surface area contributed by atoms with Crippen LogP contribution in [0.3, 0.4) is 0 Å². The summed E-state index contributed by atoms with van der Waals surface area (Å²) in [7, 11) is 0. The number of amides is 1. The van der Waals surface area contributed by atoms with Crippen molar-refractivity contribution in [2.24, 2.45) is 0 Å². The molecule has 0 saturated carbocycles. The summed E-state index contributed by atoms with van der Waals surface area (Å²) in [5.41, 5.74) is 2.37. The summed E-state index contributed by atoms with van der Waals surface area (Å²) < 4.78 is 0. The fraction of sp³-hybridized carbons (Fsp3) is 0.111. The number of thiophene rings is 1. The summed E-state index contributed by atoms with van der Waals surface area (Å²) in [5, 5.41) is 9.11. The fourth-order valence-electron chi connectivity index (χ4n) is 2.33. The molecule has 0 fully saturated rings. The van der Waals surface area contributed by atoms with Gasteiger partial charge in [0, 0.05) is 13.1 Å². The van der Waals surface area contributed by atoms with Gasteiger partial charge in [-0.15, -0.1) is 17.9 Å². The first kappa shape index (κ1) is 15.2. The zero-order chi connectivity index (χ0) is 16.1. The first-order chi connectivity index (χ1) is 11.3. The summed E-state index contributed by atoms with van der Waals surface area (Å²) in [6.45, 7) is 4.76. The number of benzene rings is 1. The minimum absolute atomic E-state index is 0.104. The van der Waals surface area contributed by atoms with E-state index in [1.165, 1.54) is 0 Å². The molecule has 2 aromatic heterocycles. The Kier molecular flexibility index (Phi) is 4.68. The molecule has 4 nitrogen and oxygen atoms in total. The van der Waals surface area contributed by atoms with E-state index in [-0.39, 0.29) is 5.91 Å². The molecule has 0 aliphatic heterocycles.